The molecule has 1 aromatic heterocycles. The van der Waals surface area contributed by atoms with Gasteiger partial charge in [-0.3, -0.25) is 4.79 Å². The van der Waals surface area contributed by atoms with Gasteiger partial charge in [0.15, 0.2) is 5.69 Å². The number of benzene rings is 1. The predicted molar refractivity (Wildman–Crippen MR) is 114 cm³/mol. The standard InChI is InChI=1S/C21H26F6N4OS/c1-30(2)11-12-31(3)10-8-16-29-18(21(25,26)27)17(33-16)19(32)28-9-7-14-5-4-6-15(13-14)20(22,23)24/h4-6,13H,7-12H2,1-3H3,(H,28,32). The van der Waals surface area contributed by atoms with E-state index in [-0.39, 0.29) is 24.4 Å². The monoisotopic (exact) mass is 496 g/mol. The van der Waals surface area contributed by atoms with Gasteiger partial charge in [0.05, 0.1) is 10.6 Å². The lowest BCUT2D eigenvalue weighted by atomic mass is 10.1. The molecule has 12 heteroatoms. The SMILES string of the molecule is CN(C)CCN(C)CCc1nc(C(F)(F)F)c(C(=O)NCCc2cccc(C(F)(F)F)c2)s1. The van der Waals surface area contributed by atoms with Crippen molar-refractivity contribution in [2.24, 2.45) is 0 Å². The molecule has 1 amide bonds. The first-order chi connectivity index (χ1) is 15.3. The van der Waals surface area contributed by atoms with Gasteiger partial charge in [0.25, 0.3) is 5.91 Å². The van der Waals surface area contributed by atoms with E-state index in [2.05, 4.69) is 10.3 Å². The Balaban J connectivity index is 2.02. The van der Waals surface area contributed by atoms with Crippen LogP contribution in [0.25, 0.3) is 0 Å². The zero-order valence-corrected chi connectivity index (χ0v) is 19.3. The summed E-state index contributed by atoms with van der Waals surface area (Å²) in [6.07, 6.45) is -8.99. The quantitative estimate of drug-likeness (QED) is 0.502. The van der Waals surface area contributed by atoms with Crippen LogP contribution in [0.4, 0.5) is 26.3 Å². The second kappa shape index (κ2) is 11.3. The van der Waals surface area contributed by atoms with E-state index >= 15 is 0 Å². The van der Waals surface area contributed by atoms with Crippen LogP contribution in [-0.4, -0.2) is 68.0 Å². The van der Waals surface area contributed by atoms with Gasteiger partial charge in [-0.1, -0.05) is 18.2 Å². The number of aromatic nitrogens is 1. The number of hydrogen-bond acceptors (Lipinski definition) is 5. The van der Waals surface area contributed by atoms with E-state index in [1.807, 2.05) is 30.9 Å². The molecule has 0 unspecified atom stereocenters. The topological polar surface area (TPSA) is 48.5 Å². The van der Waals surface area contributed by atoms with Gasteiger partial charge in [0.2, 0.25) is 0 Å². The zero-order chi connectivity index (χ0) is 24.8. The first-order valence-electron chi connectivity index (χ1n) is 10.1. The van der Waals surface area contributed by atoms with E-state index in [0.29, 0.717) is 23.4 Å². The fourth-order valence-corrected chi connectivity index (χ4v) is 3.88. The summed E-state index contributed by atoms with van der Waals surface area (Å²) in [7, 11) is 5.69. The molecular weight excluding hydrogens is 470 g/mol. The summed E-state index contributed by atoms with van der Waals surface area (Å²) in [6.45, 7) is 1.89. The van der Waals surface area contributed by atoms with E-state index in [4.69, 9.17) is 0 Å². The molecule has 0 radical (unpaired) electrons. The molecule has 0 fully saturated rings. The number of alkyl halides is 6. The van der Waals surface area contributed by atoms with Crippen LogP contribution in [0.3, 0.4) is 0 Å². The number of carbonyl (C=O) groups is 1. The van der Waals surface area contributed by atoms with Gasteiger partial charge >= 0.3 is 12.4 Å². The highest BCUT2D eigenvalue weighted by atomic mass is 32.1. The van der Waals surface area contributed by atoms with Crippen molar-refractivity contribution in [3.05, 3.63) is 51.0 Å². The Morgan fingerprint density at radius 3 is 2.30 bits per heavy atom. The van der Waals surface area contributed by atoms with Gasteiger partial charge in [0, 0.05) is 32.6 Å². The minimum atomic E-state index is -4.79. The van der Waals surface area contributed by atoms with Gasteiger partial charge < -0.3 is 15.1 Å². The number of amides is 1. The number of thiazole rings is 1. The minimum absolute atomic E-state index is 0.0410. The number of rotatable bonds is 10. The number of likely N-dealkylation sites (N-methyl/N-ethyl adjacent to an activating group) is 2. The Bertz CT molecular complexity index is 926. The third-order valence-corrected chi connectivity index (χ3v) is 5.85. The summed E-state index contributed by atoms with van der Waals surface area (Å²) in [4.78, 5) is 19.5. The number of nitrogens with zero attached hydrogens (tertiary/aromatic N) is 3. The molecule has 2 rings (SSSR count). The average Bonchev–Trinajstić information content (AvgIpc) is 3.15. The Hall–Kier alpha value is -2.18. The molecule has 0 saturated carbocycles. The van der Waals surface area contributed by atoms with Crippen molar-refractivity contribution in [2.45, 2.75) is 25.2 Å². The molecule has 0 saturated heterocycles. The summed E-state index contributed by atoms with van der Waals surface area (Å²) < 4.78 is 78.7. The molecule has 0 aliphatic rings. The molecule has 33 heavy (non-hydrogen) atoms. The van der Waals surface area contributed by atoms with Gasteiger partial charge in [-0.25, -0.2) is 4.98 Å². The molecule has 1 heterocycles. The second-order valence-corrected chi connectivity index (χ2v) is 8.93. The molecule has 0 atom stereocenters. The first-order valence-corrected chi connectivity index (χ1v) is 10.9. The Morgan fingerprint density at radius 2 is 1.70 bits per heavy atom. The maximum absolute atomic E-state index is 13.4. The minimum Gasteiger partial charge on any atom is -0.351 e. The molecule has 0 aliphatic carbocycles. The van der Waals surface area contributed by atoms with E-state index in [1.165, 1.54) is 12.1 Å². The van der Waals surface area contributed by atoms with Gasteiger partial charge in [0.1, 0.15) is 4.88 Å². The smallest absolute Gasteiger partial charge is 0.351 e. The molecule has 0 aliphatic heterocycles. The molecule has 0 bridgehead atoms. The van der Waals surface area contributed by atoms with Crippen molar-refractivity contribution in [3.8, 4) is 0 Å². The highest BCUT2D eigenvalue weighted by Crippen LogP contribution is 2.34. The van der Waals surface area contributed by atoms with Crippen molar-refractivity contribution in [3.63, 3.8) is 0 Å². The zero-order valence-electron chi connectivity index (χ0n) is 18.5. The lowest BCUT2D eigenvalue weighted by Crippen LogP contribution is -2.30. The van der Waals surface area contributed by atoms with Crippen molar-refractivity contribution in [2.75, 3.05) is 47.3 Å². The Kier molecular flexibility index (Phi) is 9.27. The Labute approximate surface area is 192 Å². The number of halogens is 6. The second-order valence-electron chi connectivity index (χ2n) is 7.84. The fraction of sp³-hybridized carbons (Fsp3) is 0.524. The molecule has 1 N–H and O–H groups in total. The van der Waals surface area contributed by atoms with Crippen molar-refractivity contribution >= 4 is 17.2 Å². The maximum Gasteiger partial charge on any atom is 0.435 e. The van der Waals surface area contributed by atoms with Gasteiger partial charge in [-0.15, -0.1) is 11.3 Å². The van der Waals surface area contributed by atoms with Crippen molar-refractivity contribution < 1.29 is 31.1 Å². The highest BCUT2D eigenvalue weighted by molar-refractivity contribution is 7.13. The lowest BCUT2D eigenvalue weighted by Gasteiger charge is -2.18. The average molecular weight is 497 g/mol. The summed E-state index contributed by atoms with van der Waals surface area (Å²) in [6, 6.07) is 4.58. The highest BCUT2D eigenvalue weighted by Gasteiger charge is 2.39. The fourth-order valence-electron chi connectivity index (χ4n) is 2.89. The molecule has 0 spiro atoms. The van der Waals surface area contributed by atoms with E-state index in [1.54, 1.807) is 0 Å². The summed E-state index contributed by atoms with van der Waals surface area (Å²) in [5.41, 5.74) is -1.75. The van der Waals surface area contributed by atoms with Crippen LogP contribution in [-0.2, 0) is 25.2 Å². The van der Waals surface area contributed by atoms with E-state index in [9.17, 15) is 31.1 Å². The van der Waals surface area contributed by atoms with Gasteiger partial charge in [-0.05, 0) is 39.2 Å². The van der Waals surface area contributed by atoms with E-state index < -0.39 is 34.4 Å². The third kappa shape index (κ3) is 8.59. The van der Waals surface area contributed by atoms with E-state index in [0.717, 1.165) is 25.2 Å². The number of hydrogen-bond donors (Lipinski definition) is 1. The van der Waals surface area contributed by atoms with Crippen LogP contribution in [0.5, 0.6) is 0 Å². The summed E-state index contributed by atoms with van der Waals surface area (Å²) in [5.74, 6) is -0.945. The van der Waals surface area contributed by atoms with Gasteiger partial charge in [-0.2, -0.15) is 26.3 Å². The lowest BCUT2D eigenvalue weighted by molar-refractivity contribution is -0.141. The normalized spacial score (nSPS) is 12.6. The van der Waals surface area contributed by atoms with Crippen LogP contribution < -0.4 is 5.32 Å². The molecular formula is C21H26F6N4OS. The predicted octanol–water partition coefficient (Wildman–Crippen LogP) is 4.19. The molecule has 2 aromatic rings. The summed E-state index contributed by atoms with van der Waals surface area (Å²) in [5, 5.41) is 2.56. The summed E-state index contributed by atoms with van der Waals surface area (Å²) >= 11 is 0.684. The Morgan fingerprint density at radius 1 is 1.00 bits per heavy atom. The first kappa shape index (κ1) is 27.1. The van der Waals surface area contributed by atoms with Crippen LogP contribution in [0.2, 0.25) is 0 Å². The van der Waals surface area contributed by atoms with Crippen molar-refractivity contribution in [1.29, 1.82) is 0 Å². The number of carbonyl (C=O) groups excluding carboxylic acids is 1. The van der Waals surface area contributed by atoms with Crippen LogP contribution in [0, 0.1) is 0 Å². The number of nitrogens with one attached hydrogen (secondary N) is 1. The maximum atomic E-state index is 13.4. The third-order valence-electron chi connectivity index (χ3n) is 4.74. The molecule has 5 nitrogen and oxygen atoms in total. The molecule has 184 valence electrons. The largest absolute Gasteiger partial charge is 0.435 e. The molecule has 1 aromatic carbocycles. The van der Waals surface area contributed by atoms with Crippen LogP contribution in [0.15, 0.2) is 24.3 Å². The van der Waals surface area contributed by atoms with Crippen LogP contribution in [0.1, 0.15) is 31.5 Å². The van der Waals surface area contributed by atoms with Crippen LogP contribution >= 0.6 is 11.3 Å². The van der Waals surface area contributed by atoms with Crippen molar-refractivity contribution in [1.82, 2.24) is 20.1 Å².